The topological polar surface area (TPSA) is 102 Å². The van der Waals surface area contributed by atoms with Crippen LogP contribution in [0.2, 0.25) is 0 Å². The average molecular weight is 369 g/mol. The van der Waals surface area contributed by atoms with Gasteiger partial charge in [0.1, 0.15) is 0 Å². The zero-order chi connectivity index (χ0) is 18.3. The summed E-state index contributed by atoms with van der Waals surface area (Å²) in [7, 11) is -3.52. The number of amides is 1. The van der Waals surface area contributed by atoms with E-state index in [2.05, 4.69) is 5.32 Å². The van der Waals surface area contributed by atoms with Crippen LogP contribution in [0.5, 0.6) is 0 Å². The van der Waals surface area contributed by atoms with E-state index in [0.29, 0.717) is 51.2 Å². The Morgan fingerprint density at radius 2 is 1.92 bits per heavy atom. The lowest BCUT2D eigenvalue weighted by molar-refractivity contribution is -0.115. The fraction of sp³-hybridized carbons (Fsp3) is 0.588. The number of carbonyl (C=O) groups excluding carboxylic acids is 1. The van der Waals surface area contributed by atoms with Crippen molar-refractivity contribution in [3.05, 3.63) is 24.3 Å². The van der Waals surface area contributed by atoms with Gasteiger partial charge in [0.05, 0.1) is 11.0 Å². The largest absolute Gasteiger partial charge is 0.378 e. The van der Waals surface area contributed by atoms with Gasteiger partial charge in [0.15, 0.2) is 0 Å². The molecule has 1 aromatic carbocycles. The predicted octanol–water partition coefficient (Wildman–Crippen LogP) is 1.55. The third kappa shape index (κ3) is 5.50. The van der Waals surface area contributed by atoms with Crippen LogP contribution in [-0.2, 0) is 19.6 Å². The van der Waals surface area contributed by atoms with Gasteiger partial charge in [-0.2, -0.15) is 4.31 Å². The molecule has 7 nitrogen and oxygen atoms in total. The van der Waals surface area contributed by atoms with Gasteiger partial charge < -0.3 is 15.8 Å². The predicted molar refractivity (Wildman–Crippen MR) is 96.8 cm³/mol. The van der Waals surface area contributed by atoms with Crippen LogP contribution in [-0.4, -0.2) is 51.0 Å². The SMILES string of the molecule is CCC(=O)Nc1ccc(S(=O)(=O)N2CCC(OCCCN)CC2)cc1. The summed E-state index contributed by atoms with van der Waals surface area (Å²) in [4.78, 5) is 11.6. The molecule has 140 valence electrons. The second kappa shape index (κ2) is 9.28. The van der Waals surface area contributed by atoms with Gasteiger partial charge in [0.25, 0.3) is 0 Å². The van der Waals surface area contributed by atoms with Gasteiger partial charge in [-0.25, -0.2) is 8.42 Å². The summed E-state index contributed by atoms with van der Waals surface area (Å²) in [6, 6.07) is 6.29. The summed E-state index contributed by atoms with van der Waals surface area (Å²) in [6.07, 6.45) is 2.68. The van der Waals surface area contributed by atoms with Crippen molar-refractivity contribution >= 4 is 21.6 Å². The highest BCUT2D eigenvalue weighted by Crippen LogP contribution is 2.23. The van der Waals surface area contributed by atoms with Gasteiger partial charge in [0, 0.05) is 31.8 Å². The Hall–Kier alpha value is -1.48. The smallest absolute Gasteiger partial charge is 0.243 e. The zero-order valence-corrected chi connectivity index (χ0v) is 15.4. The van der Waals surface area contributed by atoms with E-state index in [1.54, 1.807) is 19.1 Å². The van der Waals surface area contributed by atoms with Crippen molar-refractivity contribution in [1.82, 2.24) is 4.31 Å². The van der Waals surface area contributed by atoms with Gasteiger partial charge in [-0.05, 0) is 50.1 Å². The third-order valence-electron chi connectivity index (χ3n) is 4.20. The molecule has 0 atom stereocenters. The van der Waals surface area contributed by atoms with Crippen molar-refractivity contribution in [2.24, 2.45) is 5.73 Å². The van der Waals surface area contributed by atoms with E-state index >= 15 is 0 Å². The molecule has 8 heteroatoms. The number of nitrogens with zero attached hydrogens (tertiary/aromatic N) is 1. The van der Waals surface area contributed by atoms with Gasteiger partial charge in [-0.3, -0.25) is 4.79 Å². The molecule has 0 saturated carbocycles. The van der Waals surface area contributed by atoms with E-state index in [1.807, 2.05) is 0 Å². The van der Waals surface area contributed by atoms with Crippen LogP contribution in [0.3, 0.4) is 0 Å². The summed E-state index contributed by atoms with van der Waals surface area (Å²) in [5.41, 5.74) is 6.04. The number of rotatable bonds is 8. The first kappa shape index (κ1) is 19.8. The molecule has 1 aliphatic heterocycles. The molecular formula is C17H27N3O4S. The number of piperidine rings is 1. The van der Waals surface area contributed by atoms with E-state index in [9.17, 15) is 13.2 Å². The van der Waals surface area contributed by atoms with Gasteiger partial charge in [-0.15, -0.1) is 0 Å². The molecular weight excluding hydrogens is 342 g/mol. The first-order valence-electron chi connectivity index (χ1n) is 8.69. The molecule has 0 spiro atoms. The van der Waals surface area contributed by atoms with Crippen LogP contribution in [0.1, 0.15) is 32.6 Å². The Balaban J connectivity index is 1.94. The lowest BCUT2D eigenvalue weighted by atomic mass is 10.1. The van der Waals surface area contributed by atoms with Crippen LogP contribution >= 0.6 is 0 Å². The first-order chi connectivity index (χ1) is 12.0. The molecule has 0 bridgehead atoms. The summed E-state index contributed by atoms with van der Waals surface area (Å²) in [5, 5.41) is 2.71. The van der Waals surface area contributed by atoms with Crippen LogP contribution in [0.15, 0.2) is 29.2 Å². The Labute approximate surface area is 149 Å². The van der Waals surface area contributed by atoms with E-state index in [-0.39, 0.29) is 16.9 Å². The van der Waals surface area contributed by atoms with Crippen LogP contribution in [0.25, 0.3) is 0 Å². The number of anilines is 1. The Morgan fingerprint density at radius 1 is 1.28 bits per heavy atom. The van der Waals surface area contributed by atoms with E-state index in [0.717, 1.165) is 6.42 Å². The summed E-state index contributed by atoms with van der Waals surface area (Å²) < 4.78 is 32.7. The molecule has 3 N–H and O–H groups in total. The maximum absolute atomic E-state index is 12.7. The highest BCUT2D eigenvalue weighted by atomic mass is 32.2. The Morgan fingerprint density at radius 3 is 2.48 bits per heavy atom. The second-order valence-corrected chi connectivity index (χ2v) is 7.98. The number of nitrogens with two attached hydrogens (primary N) is 1. The van der Waals surface area contributed by atoms with E-state index in [4.69, 9.17) is 10.5 Å². The molecule has 0 aromatic heterocycles. The molecule has 1 saturated heterocycles. The normalized spacial score (nSPS) is 16.7. The minimum atomic E-state index is -3.52. The number of benzene rings is 1. The highest BCUT2D eigenvalue weighted by molar-refractivity contribution is 7.89. The summed E-state index contributed by atoms with van der Waals surface area (Å²) in [5.74, 6) is -0.104. The molecule has 1 heterocycles. The maximum atomic E-state index is 12.7. The summed E-state index contributed by atoms with van der Waals surface area (Å²) in [6.45, 7) is 3.88. The maximum Gasteiger partial charge on any atom is 0.243 e. The lowest BCUT2D eigenvalue weighted by Crippen LogP contribution is -2.41. The van der Waals surface area contributed by atoms with Gasteiger partial charge in [-0.1, -0.05) is 6.92 Å². The number of hydrogen-bond donors (Lipinski definition) is 2. The number of sulfonamides is 1. The Kier molecular flexibility index (Phi) is 7.37. The number of ether oxygens (including phenoxy) is 1. The first-order valence-corrected chi connectivity index (χ1v) is 10.1. The molecule has 0 unspecified atom stereocenters. The molecule has 0 aliphatic carbocycles. The monoisotopic (exact) mass is 369 g/mol. The average Bonchev–Trinajstić information content (AvgIpc) is 2.63. The fourth-order valence-electron chi connectivity index (χ4n) is 2.68. The molecule has 25 heavy (non-hydrogen) atoms. The summed E-state index contributed by atoms with van der Waals surface area (Å²) >= 11 is 0. The minimum Gasteiger partial charge on any atom is -0.378 e. The van der Waals surface area contributed by atoms with Crippen LogP contribution < -0.4 is 11.1 Å². The lowest BCUT2D eigenvalue weighted by Gasteiger charge is -2.31. The van der Waals surface area contributed by atoms with Crippen molar-refractivity contribution in [2.45, 2.75) is 43.6 Å². The van der Waals surface area contributed by atoms with E-state index < -0.39 is 10.0 Å². The quantitative estimate of drug-likeness (QED) is 0.677. The van der Waals surface area contributed by atoms with Crippen molar-refractivity contribution in [1.29, 1.82) is 0 Å². The van der Waals surface area contributed by atoms with Crippen LogP contribution in [0.4, 0.5) is 5.69 Å². The molecule has 1 fully saturated rings. The van der Waals surface area contributed by atoms with Crippen molar-refractivity contribution in [3.8, 4) is 0 Å². The molecule has 1 aromatic rings. The standard InChI is InChI=1S/C17H27N3O4S/c1-2-17(21)19-14-4-6-16(7-5-14)25(22,23)20-11-8-15(9-12-20)24-13-3-10-18/h4-7,15H,2-3,8-13,18H2,1H3,(H,19,21). The highest BCUT2D eigenvalue weighted by Gasteiger charge is 2.29. The molecule has 1 amide bonds. The van der Waals surface area contributed by atoms with E-state index in [1.165, 1.54) is 16.4 Å². The number of hydrogen-bond acceptors (Lipinski definition) is 5. The Bertz CT molecular complexity index is 653. The molecule has 1 aliphatic rings. The van der Waals surface area contributed by atoms with Crippen molar-refractivity contribution in [3.63, 3.8) is 0 Å². The van der Waals surface area contributed by atoms with Gasteiger partial charge >= 0.3 is 0 Å². The number of carbonyl (C=O) groups is 1. The third-order valence-corrected chi connectivity index (χ3v) is 6.11. The number of nitrogens with one attached hydrogen (secondary N) is 1. The van der Waals surface area contributed by atoms with Crippen molar-refractivity contribution < 1.29 is 17.9 Å². The van der Waals surface area contributed by atoms with Gasteiger partial charge in [0.2, 0.25) is 15.9 Å². The fourth-order valence-corrected chi connectivity index (χ4v) is 4.15. The van der Waals surface area contributed by atoms with Crippen LogP contribution in [0, 0.1) is 0 Å². The molecule has 2 rings (SSSR count). The minimum absolute atomic E-state index is 0.102. The zero-order valence-electron chi connectivity index (χ0n) is 14.6. The van der Waals surface area contributed by atoms with Crippen molar-refractivity contribution in [2.75, 3.05) is 31.6 Å². The second-order valence-electron chi connectivity index (χ2n) is 6.04. The molecule has 0 radical (unpaired) electrons.